The first-order valence-electron chi connectivity index (χ1n) is 6.93. The van der Waals surface area contributed by atoms with Gasteiger partial charge in [0.2, 0.25) is 0 Å². The maximum Gasteiger partial charge on any atom is 0.126 e. The van der Waals surface area contributed by atoms with Crippen molar-refractivity contribution in [3.05, 3.63) is 35.1 Å². The van der Waals surface area contributed by atoms with Gasteiger partial charge in [-0.15, -0.1) is 0 Å². The summed E-state index contributed by atoms with van der Waals surface area (Å²) in [7, 11) is 0. The smallest absolute Gasteiger partial charge is 0.126 e. The van der Waals surface area contributed by atoms with Crippen molar-refractivity contribution in [2.75, 3.05) is 0 Å². The lowest BCUT2D eigenvalue weighted by molar-refractivity contribution is 0.347. The molecule has 0 amide bonds. The fraction of sp³-hybridized carbons (Fsp3) is 0.625. The molecule has 0 saturated heterocycles. The van der Waals surface area contributed by atoms with E-state index in [-0.39, 0.29) is 5.82 Å². The molecule has 0 heterocycles. The Hall–Kier alpha value is -0.850. The highest BCUT2D eigenvalue weighted by Gasteiger charge is 2.20. The van der Waals surface area contributed by atoms with E-state index in [1.165, 1.54) is 31.2 Å². The van der Waals surface area contributed by atoms with E-state index >= 15 is 0 Å². The van der Waals surface area contributed by atoms with Gasteiger partial charge in [0.15, 0.2) is 0 Å². The van der Waals surface area contributed by atoms with Gasteiger partial charge in [0.05, 0.1) is 0 Å². The summed E-state index contributed by atoms with van der Waals surface area (Å²) in [6.45, 7) is 8.13. The van der Waals surface area contributed by atoms with Crippen molar-refractivity contribution in [2.45, 2.75) is 59.3 Å². The van der Waals surface area contributed by atoms with E-state index in [1.54, 1.807) is 6.07 Å². The molecule has 0 nitrogen and oxygen atoms in total. The molecular weight excluding hydrogens is 211 g/mol. The van der Waals surface area contributed by atoms with Crippen molar-refractivity contribution < 1.29 is 4.39 Å². The zero-order valence-corrected chi connectivity index (χ0v) is 11.6. The molecule has 0 N–H and O–H groups in total. The van der Waals surface area contributed by atoms with Gasteiger partial charge in [-0.1, -0.05) is 45.7 Å². The van der Waals surface area contributed by atoms with E-state index in [4.69, 9.17) is 0 Å². The van der Waals surface area contributed by atoms with Gasteiger partial charge in [-0.05, 0) is 48.8 Å². The van der Waals surface area contributed by atoms with Crippen LogP contribution in [0.1, 0.15) is 63.5 Å². The molecule has 0 aliphatic heterocycles. The molecule has 17 heavy (non-hydrogen) atoms. The second-order valence-electron chi connectivity index (χ2n) is 4.97. The van der Waals surface area contributed by atoms with Crippen LogP contribution in [-0.2, 0) is 0 Å². The third kappa shape index (κ3) is 3.83. The third-order valence-corrected chi connectivity index (χ3v) is 3.68. The lowest BCUT2D eigenvalue weighted by Crippen LogP contribution is -2.11. The number of benzene rings is 1. The van der Waals surface area contributed by atoms with Crippen LogP contribution >= 0.6 is 0 Å². The normalized spacial score (nSPS) is 23.8. The molecule has 0 bridgehead atoms. The quantitative estimate of drug-likeness (QED) is 0.608. The molecule has 1 fully saturated rings. The Morgan fingerprint density at radius 1 is 1.06 bits per heavy atom. The molecule has 2 rings (SSSR count). The predicted octanol–water partition coefficient (Wildman–Crippen LogP) is 5.45. The number of rotatable bonds is 1. The Labute approximate surface area is 105 Å². The summed E-state index contributed by atoms with van der Waals surface area (Å²) in [6.07, 6.45) is 5.04. The number of aryl methyl sites for hydroxylation is 1. The lowest BCUT2D eigenvalue weighted by Gasteiger charge is -2.26. The molecule has 0 aromatic heterocycles. The van der Waals surface area contributed by atoms with Crippen molar-refractivity contribution in [1.29, 1.82) is 0 Å². The average Bonchev–Trinajstić information content (AvgIpc) is 2.36. The van der Waals surface area contributed by atoms with Gasteiger partial charge < -0.3 is 0 Å². The lowest BCUT2D eigenvalue weighted by atomic mass is 9.79. The molecule has 0 atom stereocenters. The van der Waals surface area contributed by atoms with Crippen molar-refractivity contribution >= 4 is 0 Å². The van der Waals surface area contributed by atoms with Gasteiger partial charge >= 0.3 is 0 Å². The number of hydrogen-bond acceptors (Lipinski definition) is 0. The molecular formula is C16H25F. The van der Waals surface area contributed by atoms with E-state index in [9.17, 15) is 4.39 Å². The number of hydrogen-bond donors (Lipinski definition) is 0. The van der Waals surface area contributed by atoms with Crippen LogP contribution in [-0.4, -0.2) is 0 Å². The Morgan fingerprint density at radius 3 is 2.18 bits per heavy atom. The van der Waals surface area contributed by atoms with Gasteiger partial charge in [-0.25, -0.2) is 4.39 Å². The fourth-order valence-electron chi connectivity index (χ4n) is 2.46. The largest absolute Gasteiger partial charge is 0.207 e. The Morgan fingerprint density at radius 2 is 1.65 bits per heavy atom. The Bertz CT molecular complexity index is 335. The van der Waals surface area contributed by atoms with E-state index < -0.39 is 0 Å². The predicted molar refractivity (Wildman–Crippen MR) is 72.9 cm³/mol. The second-order valence-corrected chi connectivity index (χ2v) is 4.97. The number of halogens is 1. The van der Waals surface area contributed by atoms with Gasteiger partial charge in [0.25, 0.3) is 0 Å². The van der Waals surface area contributed by atoms with Crippen molar-refractivity contribution in [2.24, 2.45) is 5.92 Å². The molecule has 0 radical (unpaired) electrons. The van der Waals surface area contributed by atoms with Gasteiger partial charge in [0.1, 0.15) is 5.82 Å². The molecule has 1 aromatic carbocycles. The molecule has 0 unspecified atom stereocenters. The molecule has 0 spiro atoms. The summed E-state index contributed by atoms with van der Waals surface area (Å²) in [5.74, 6) is 1.40. The summed E-state index contributed by atoms with van der Waals surface area (Å²) in [5, 5.41) is 0. The highest BCUT2D eigenvalue weighted by Crippen LogP contribution is 2.35. The highest BCUT2D eigenvalue weighted by molar-refractivity contribution is 5.26. The summed E-state index contributed by atoms with van der Waals surface area (Å²) in [6, 6.07) is 5.73. The maximum absolute atomic E-state index is 13.4. The van der Waals surface area contributed by atoms with Gasteiger partial charge in [0, 0.05) is 0 Å². The standard InChI is InChI=1S/C14H19F.C2H6/c1-10-3-6-12(7-4-10)13-8-5-11(2)14(15)9-13;1-2/h5,8-10,12H,3-4,6-7H2,1-2H3;1-2H3. The molecule has 1 saturated carbocycles. The molecule has 1 aliphatic rings. The van der Waals surface area contributed by atoms with Crippen LogP contribution in [0.25, 0.3) is 0 Å². The van der Waals surface area contributed by atoms with Crippen LogP contribution in [0, 0.1) is 18.7 Å². The minimum atomic E-state index is -0.0499. The van der Waals surface area contributed by atoms with Gasteiger partial charge in [-0.3, -0.25) is 0 Å². The van der Waals surface area contributed by atoms with Gasteiger partial charge in [-0.2, -0.15) is 0 Å². The Kier molecular flexibility index (Phi) is 5.67. The minimum Gasteiger partial charge on any atom is -0.207 e. The van der Waals surface area contributed by atoms with E-state index in [0.29, 0.717) is 5.92 Å². The average molecular weight is 236 g/mol. The monoisotopic (exact) mass is 236 g/mol. The highest BCUT2D eigenvalue weighted by atomic mass is 19.1. The molecule has 1 heteroatoms. The van der Waals surface area contributed by atoms with Crippen molar-refractivity contribution in [1.82, 2.24) is 0 Å². The zero-order chi connectivity index (χ0) is 12.8. The third-order valence-electron chi connectivity index (χ3n) is 3.68. The van der Waals surface area contributed by atoms with E-state index in [0.717, 1.165) is 11.5 Å². The van der Waals surface area contributed by atoms with Crippen molar-refractivity contribution in [3.8, 4) is 0 Å². The SMILES string of the molecule is CC.Cc1ccc(C2CCC(C)CC2)cc1F. The maximum atomic E-state index is 13.4. The summed E-state index contributed by atoms with van der Waals surface area (Å²) in [4.78, 5) is 0. The van der Waals surface area contributed by atoms with E-state index in [2.05, 4.69) is 13.0 Å². The summed E-state index contributed by atoms with van der Waals surface area (Å²) >= 11 is 0. The van der Waals surface area contributed by atoms with Crippen molar-refractivity contribution in [3.63, 3.8) is 0 Å². The first-order valence-corrected chi connectivity index (χ1v) is 6.93. The zero-order valence-electron chi connectivity index (χ0n) is 11.6. The summed E-state index contributed by atoms with van der Waals surface area (Å²) < 4.78 is 13.4. The second kappa shape index (κ2) is 6.78. The molecule has 96 valence electrons. The van der Waals surface area contributed by atoms with Crippen LogP contribution in [0.5, 0.6) is 0 Å². The first-order chi connectivity index (χ1) is 8.16. The van der Waals surface area contributed by atoms with Crippen LogP contribution < -0.4 is 0 Å². The minimum absolute atomic E-state index is 0.0499. The Balaban J connectivity index is 0.000000686. The summed E-state index contributed by atoms with van der Waals surface area (Å²) in [5.41, 5.74) is 1.95. The van der Waals surface area contributed by atoms with E-state index in [1.807, 2.05) is 26.8 Å². The van der Waals surface area contributed by atoms with Crippen LogP contribution in [0.2, 0.25) is 0 Å². The first kappa shape index (κ1) is 14.2. The van der Waals surface area contributed by atoms with Crippen LogP contribution in [0.4, 0.5) is 4.39 Å². The fourth-order valence-corrected chi connectivity index (χ4v) is 2.46. The van der Waals surface area contributed by atoms with Crippen LogP contribution in [0.15, 0.2) is 18.2 Å². The molecule has 1 aliphatic carbocycles. The topological polar surface area (TPSA) is 0 Å². The van der Waals surface area contributed by atoms with Crippen LogP contribution in [0.3, 0.4) is 0 Å². The molecule has 1 aromatic rings.